The van der Waals surface area contributed by atoms with Gasteiger partial charge in [-0.3, -0.25) is 9.97 Å². The molecule has 58 valence electrons. The minimum atomic E-state index is 0.704. The fraction of sp³-hybridized carbons (Fsp3) is 0.286. The molecule has 0 spiro atoms. The van der Waals surface area contributed by atoms with E-state index in [0.717, 1.165) is 11.4 Å². The summed E-state index contributed by atoms with van der Waals surface area (Å²) >= 11 is 0. The topological polar surface area (TPSA) is 64.2 Å². The van der Waals surface area contributed by atoms with Crippen LogP contribution >= 0.6 is 0 Å². The second-order valence-electron chi connectivity index (χ2n) is 2.20. The van der Waals surface area contributed by atoms with Crippen LogP contribution in [0.15, 0.2) is 17.5 Å². The van der Waals surface area contributed by atoms with Crippen LogP contribution in [0, 0.1) is 6.92 Å². The summed E-state index contributed by atoms with van der Waals surface area (Å²) < 4.78 is 0. The van der Waals surface area contributed by atoms with E-state index in [-0.39, 0.29) is 0 Å². The SMILES string of the molecule is CC(=NN)c1nccnc1C. The van der Waals surface area contributed by atoms with Crippen LogP contribution in [0.1, 0.15) is 18.3 Å². The Hall–Kier alpha value is -1.45. The lowest BCUT2D eigenvalue weighted by atomic mass is 10.2. The van der Waals surface area contributed by atoms with Crippen molar-refractivity contribution >= 4 is 5.71 Å². The van der Waals surface area contributed by atoms with Crippen molar-refractivity contribution in [1.82, 2.24) is 9.97 Å². The predicted molar refractivity (Wildman–Crippen MR) is 43.2 cm³/mol. The molecule has 0 radical (unpaired) electrons. The molecule has 0 amide bonds. The van der Waals surface area contributed by atoms with Gasteiger partial charge in [0, 0.05) is 12.4 Å². The Kier molecular flexibility index (Phi) is 2.15. The van der Waals surface area contributed by atoms with Gasteiger partial charge in [-0.15, -0.1) is 0 Å². The lowest BCUT2D eigenvalue weighted by Crippen LogP contribution is -2.05. The van der Waals surface area contributed by atoms with Gasteiger partial charge in [0.2, 0.25) is 0 Å². The number of hydrogen-bond donors (Lipinski definition) is 1. The second kappa shape index (κ2) is 3.09. The molecular formula is C7H10N4. The predicted octanol–water partition coefficient (Wildman–Crippen LogP) is 0.468. The molecule has 0 saturated carbocycles. The third-order valence-electron chi connectivity index (χ3n) is 1.42. The van der Waals surface area contributed by atoms with Gasteiger partial charge in [-0.05, 0) is 13.8 Å². The van der Waals surface area contributed by atoms with Crippen molar-refractivity contribution in [3.05, 3.63) is 23.8 Å². The summed E-state index contributed by atoms with van der Waals surface area (Å²) in [5.74, 6) is 5.09. The van der Waals surface area contributed by atoms with Crippen molar-refractivity contribution in [2.75, 3.05) is 0 Å². The Labute approximate surface area is 65.2 Å². The summed E-state index contributed by atoms with van der Waals surface area (Å²) in [6.07, 6.45) is 3.26. The molecule has 4 nitrogen and oxygen atoms in total. The molecule has 0 atom stereocenters. The summed E-state index contributed by atoms with van der Waals surface area (Å²) in [7, 11) is 0. The van der Waals surface area contributed by atoms with Gasteiger partial charge < -0.3 is 5.84 Å². The molecule has 0 aliphatic rings. The molecule has 1 aromatic heterocycles. The van der Waals surface area contributed by atoms with Gasteiger partial charge in [0.15, 0.2) is 0 Å². The number of aromatic nitrogens is 2. The van der Waals surface area contributed by atoms with E-state index in [4.69, 9.17) is 5.84 Å². The molecule has 0 bridgehead atoms. The van der Waals surface area contributed by atoms with E-state index >= 15 is 0 Å². The number of rotatable bonds is 1. The maximum Gasteiger partial charge on any atom is 0.107 e. The van der Waals surface area contributed by atoms with Crippen molar-refractivity contribution in [2.24, 2.45) is 10.9 Å². The minimum Gasteiger partial charge on any atom is -0.323 e. The van der Waals surface area contributed by atoms with Crippen LogP contribution in [-0.2, 0) is 0 Å². The van der Waals surface area contributed by atoms with Crippen molar-refractivity contribution in [1.29, 1.82) is 0 Å². The van der Waals surface area contributed by atoms with E-state index in [9.17, 15) is 0 Å². The number of aryl methyl sites for hydroxylation is 1. The van der Waals surface area contributed by atoms with Gasteiger partial charge in [-0.2, -0.15) is 5.10 Å². The third-order valence-corrected chi connectivity index (χ3v) is 1.42. The van der Waals surface area contributed by atoms with Crippen molar-refractivity contribution in [3.63, 3.8) is 0 Å². The average Bonchev–Trinajstić information content (AvgIpc) is 2.04. The Morgan fingerprint density at radius 1 is 1.45 bits per heavy atom. The quantitative estimate of drug-likeness (QED) is 0.359. The fourth-order valence-electron chi connectivity index (χ4n) is 0.824. The first kappa shape index (κ1) is 7.65. The highest BCUT2D eigenvalue weighted by Crippen LogP contribution is 1.99. The first-order chi connectivity index (χ1) is 5.25. The van der Waals surface area contributed by atoms with Crippen molar-refractivity contribution < 1.29 is 0 Å². The summed E-state index contributed by atoms with van der Waals surface area (Å²) in [6, 6.07) is 0. The zero-order valence-corrected chi connectivity index (χ0v) is 6.57. The summed E-state index contributed by atoms with van der Waals surface area (Å²) in [6.45, 7) is 3.67. The Bertz CT molecular complexity index is 280. The molecule has 4 heteroatoms. The highest BCUT2D eigenvalue weighted by atomic mass is 15.1. The van der Waals surface area contributed by atoms with Gasteiger partial charge in [0.05, 0.1) is 11.4 Å². The van der Waals surface area contributed by atoms with Crippen LogP contribution in [0.2, 0.25) is 0 Å². The highest BCUT2D eigenvalue weighted by molar-refractivity contribution is 5.97. The Morgan fingerprint density at radius 2 is 2.09 bits per heavy atom. The molecular weight excluding hydrogens is 140 g/mol. The number of nitrogens with zero attached hydrogens (tertiary/aromatic N) is 3. The van der Waals surface area contributed by atoms with E-state index in [1.165, 1.54) is 0 Å². The standard InChI is InChI=1S/C7H10N4/c1-5-7(6(2)11-8)10-4-3-9-5/h3-4H,8H2,1-2H3. The van der Waals surface area contributed by atoms with Crippen molar-refractivity contribution in [2.45, 2.75) is 13.8 Å². The molecule has 2 N–H and O–H groups in total. The second-order valence-corrected chi connectivity index (χ2v) is 2.20. The molecule has 11 heavy (non-hydrogen) atoms. The molecule has 0 aliphatic carbocycles. The molecule has 0 fully saturated rings. The van der Waals surface area contributed by atoms with E-state index in [2.05, 4.69) is 15.1 Å². The third kappa shape index (κ3) is 1.52. The molecule has 1 rings (SSSR count). The molecule has 1 aromatic rings. The average molecular weight is 150 g/mol. The molecule has 0 unspecified atom stereocenters. The van der Waals surface area contributed by atoms with Gasteiger partial charge in [0.1, 0.15) is 5.69 Å². The lowest BCUT2D eigenvalue weighted by Gasteiger charge is -1.99. The maximum atomic E-state index is 5.09. The van der Waals surface area contributed by atoms with Crippen LogP contribution in [0.4, 0.5) is 0 Å². The molecule has 0 aliphatic heterocycles. The normalized spacial score (nSPS) is 11.6. The van der Waals surface area contributed by atoms with E-state index < -0.39 is 0 Å². The summed E-state index contributed by atoms with van der Waals surface area (Å²) in [5, 5.41) is 3.53. The van der Waals surface area contributed by atoms with Crippen LogP contribution in [0.5, 0.6) is 0 Å². The van der Waals surface area contributed by atoms with Crippen molar-refractivity contribution in [3.8, 4) is 0 Å². The first-order valence-electron chi connectivity index (χ1n) is 3.28. The largest absolute Gasteiger partial charge is 0.323 e. The number of hydrazone groups is 1. The monoisotopic (exact) mass is 150 g/mol. The Morgan fingerprint density at radius 3 is 2.64 bits per heavy atom. The maximum absolute atomic E-state index is 5.09. The number of nitrogens with two attached hydrogens (primary N) is 1. The van der Waals surface area contributed by atoms with Crippen LogP contribution in [0.25, 0.3) is 0 Å². The summed E-state index contributed by atoms with van der Waals surface area (Å²) in [5.41, 5.74) is 2.31. The first-order valence-corrected chi connectivity index (χ1v) is 3.28. The molecule has 0 saturated heterocycles. The Balaban J connectivity index is 3.14. The lowest BCUT2D eigenvalue weighted by molar-refractivity contribution is 1.08. The van der Waals surface area contributed by atoms with Crippen LogP contribution < -0.4 is 5.84 Å². The van der Waals surface area contributed by atoms with Crippen LogP contribution in [-0.4, -0.2) is 15.7 Å². The van der Waals surface area contributed by atoms with E-state index in [1.54, 1.807) is 19.3 Å². The van der Waals surface area contributed by atoms with Gasteiger partial charge in [-0.25, -0.2) is 0 Å². The van der Waals surface area contributed by atoms with Gasteiger partial charge in [-0.1, -0.05) is 0 Å². The van der Waals surface area contributed by atoms with Gasteiger partial charge >= 0.3 is 0 Å². The zero-order chi connectivity index (χ0) is 8.27. The highest BCUT2D eigenvalue weighted by Gasteiger charge is 2.01. The zero-order valence-electron chi connectivity index (χ0n) is 6.57. The summed E-state index contributed by atoms with van der Waals surface area (Å²) in [4.78, 5) is 8.12. The van der Waals surface area contributed by atoms with Crippen LogP contribution in [0.3, 0.4) is 0 Å². The minimum absolute atomic E-state index is 0.704. The molecule has 0 aromatic carbocycles. The fourth-order valence-corrected chi connectivity index (χ4v) is 0.824. The van der Waals surface area contributed by atoms with E-state index in [1.807, 2.05) is 6.92 Å². The van der Waals surface area contributed by atoms with Gasteiger partial charge in [0.25, 0.3) is 0 Å². The number of hydrogen-bond acceptors (Lipinski definition) is 4. The molecule has 1 heterocycles. The van der Waals surface area contributed by atoms with E-state index in [0.29, 0.717) is 5.71 Å². The smallest absolute Gasteiger partial charge is 0.107 e.